The third kappa shape index (κ3) is 3.37. The summed E-state index contributed by atoms with van der Waals surface area (Å²) < 4.78 is 2.72. The molecule has 124 valence electrons. The third-order valence-electron chi connectivity index (χ3n) is 3.57. The molecule has 7 nitrogen and oxygen atoms in total. The standard InChI is InChI=1S/C16H16ClN5O2/c1-10-7-11(2)22(19-10)16(24)14-8-21(20-18-14)9-15(23)12-3-5-13(17)6-4-12/h3-8,15,23H,9H2,1-2H3/t15-/m0/s1. The minimum Gasteiger partial charge on any atom is -0.386 e. The molecule has 24 heavy (non-hydrogen) atoms. The van der Waals surface area contributed by atoms with E-state index >= 15 is 0 Å². The van der Waals surface area contributed by atoms with Gasteiger partial charge in [-0.1, -0.05) is 28.9 Å². The molecule has 0 aliphatic heterocycles. The fraction of sp³-hybridized carbons (Fsp3) is 0.250. The van der Waals surface area contributed by atoms with Gasteiger partial charge in [0.05, 0.1) is 24.5 Å². The molecule has 0 spiro atoms. The second-order valence-electron chi connectivity index (χ2n) is 5.54. The second-order valence-corrected chi connectivity index (χ2v) is 5.97. The SMILES string of the molecule is Cc1cc(C)n(C(=O)c2cn(C[C@H](O)c3ccc(Cl)cc3)nn2)n1. The lowest BCUT2D eigenvalue weighted by Gasteiger charge is -2.10. The summed E-state index contributed by atoms with van der Waals surface area (Å²) in [5, 5.41) is 22.8. The molecule has 8 heteroatoms. The molecule has 0 aliphatic rings. The first kappa shape index (κ1) is 16.4. The number of hydrogen-bond donors (Lipinski definition) is 1. The molecule has 0 saturated carbocycles. The van der Waals surface area contributed by atoms with Crippen molar-refractivity contribution in [1.29, 1.82) is 0 Å². The average Bonchev–Trinajstić information content (AvgIpc) is 3.13. The Morgan fingerprint density at radius 3 is 2.62 bits per heavy atom. The zero-order valence-corrected chi connectivity index (χ0v) is 14.0. The van der Waals surface area contributed by atoms with Crippen molar-refractivity contribution < 1.29 is 9.90 Å². The minimum absolute atomic E-state index is 0.171. The number of halogens is 1. The Hall–Kier alpha value is -2.51. The summed E-state index contributed by atoms with van der Waals surface area (Å²) >= 11 is 5.83. The molecular formula is C16H16ClN5O2. The monoisotopic (exact) mass is 345 g/mol. The Kier molecular flexibility index (Phi) is 4.46. The van der Waals surface area contributed by atoms with E-state index in [4.69, 9.17) is 11.6 Å². The smallest absolute Gasteiger partial charge is 0.300 e. The van der Waals surface area contributed by atoms with Crippen molar-refractivity contribution in [1.82, 2.24) is 24.8 Å². The fourth-order valence-corrected chi connectivity index (χ4v) is 2.52. The van der Waals surface area contributed by atoms with Gasteiger partial charge in [-0.3, -0.25) is 4.79 Å². The number of carbonyl (C=O) groups excluding carboxylic acids is 1. The van der Waals surface area contributed by atoms with E-state index in [-0.39, 0.29) is 18.1 Å². The Labute approximate surface area is 143 Å². The van der Waals surface area contributed by atoms with Crippen molar-refractivity contribution >= 4 is 17.5 Å². The van der Waals surface area contributed by atoms with E-state index in [1.54, 1.807) is 31.2 Å². The van der Waals surface area contributed by atoms with Gasteiger partial charge in [-0.05, 0) is 37.6 Å². The van der Waals surface area contributed by atoms with Crippen molar-refractivity contribution in [3.05, 3.63) is 64.2 Å². The van der Waals surface area contributed by atoms with E-state index in [0.29, 0.717) is 10.6 Å². The first-order valence-electron chi connectivity index (χ1n) is 7.35. The van der Waals surface area contributed by atoms with Crippen LogP contribution in [-0.4, -0.2) is 35.8 Å². The van der Waals surface area contributed by atoms with Gasteiger partial charge in [-0.2, -0.15) is 9.78 Å². The van der Waals surface area contributed by atoms with E-state index in [0.717, 1.165) is 11.4 Å². The number of aryl methyl sites for hydroxylation is 2. The molecule has 1 atom stereocenters. The zero-order valence-electron chi connectivity index (χ0n) is 13.2. The zero-order chi connectivity index (χ0) is 17.3. The number of aromatic nitrogens is 5. The van der Waals surface area contributed by atoms with Crippen LogP contribution < -0.4 is 0 Å². The quantitative estimate of drug-likeness (QED) is 0.783. The minimum atomic E-state index is -0.777. The molecule has 0 amide bonds. The number of aliphatic hydroxyl groups is 1. The summed E-state index contributed by atoms with van der Waals surface area (Å²) in [6, 6.07) is 8.71. The van der Waals surface area contributed by atoms with Gasteiger partial charge in [0.25, 0.3) is 0 Å². The van der Waals surface area contributed by atoms with Crippen molar-refractivity contribution in [2.75, 3.05) is 0 Å². The number of carbonyl (C=O) groups is 1. The van der Waals surface area contributed by atoms with Crippen LogP contribution in [0, 0.1) is 13.8 Å². The van der Waals surface area contributed by atoms with E-state index in [2.05, 4.69) is 15.4 Å². The number of aliphatic hydroxyl groups excluding tert-OH is 1. The summed E-state index contributed by atoms with van der Waals surface area (Å²) in [6.45, 7) is 3.79. The molecule has 3 aromatic rings. The van der Waals surface area contributed by atoms with Gasteiger partial charge in [-0.15, -0.1) is 5.10 Å². The largest absolute Gasteiger partial charge is 0.386 e. The predicted molar refractivity (Wildman–Crippen MR) is 87.9 cm³/mol. The van der Waals surface area contributed by atoms with E-state index < -0.39 is 6.10 Å². The Bertz CT molecular complexity index is 869. The molecule has 0 unspecified atom stereocenters. The maximum Gasteiger partial charge on any atom is 0.300 e. The van der Waals surface area contributed by atoms with Gasteiger partial charge in [0.15, 0.2) is 5.69 Å². The highest BCUT2D eigenvalue weighted by atomic mass is 35.5. The van der Waals surface area contributed by atoms with Crippen LogP contribution in [0.5, 0.6) is 0 Å². The van der Waals surface area contributed by atoms with Gasteiger partial charge >= 0.3 is 5.91 Å². The van der Waals surface area contributed by atoms with Crippen LogP contribution in [0.25, 0.3) is 0 Å². The van der Waals surface area contributed by atoms with Crippen LogP contribution in [0.15, 0.2) is 36.5 Å². The van der Waals surface area contributed by atoms with E-state index in [1.807, 2.05) is 13.0 Å². The first-order chi connectivity index (χ1) is 11.4. The molecule has 2 aromatic heterocycles. The van der Waals surface area contributed by atoms with Gasteiger partial charge < -0.3 is 5.11 Å². The van der Waals surface area contributed by atoms with Crippen molar-refractivity contribution in [3.63, 3.8) is 0 Å². The lowest BCUT2D eigenvalue weighted by atomic mass is 10.1. The summed E-state index contributed by atoms with van der Waals surface area (Å²) in [5.74, 6) is -0.354. The normalized spacial score (nSPS) is 12.3. The topological polar surface area (TPSA) is 85.8 Å². The Morgan fingerprint density at radius 2 is 2.00 bits per heavy atom. The maximum absolute atomic E-state index is 12.4. The number of rotatable bonds is 4. The highest BCUT2D eigenvalue weighted by molar-refractivity contribution is 6.30. The molecule has 1 N–H and O–H groups in total. The van der Waals surface area contributed by atoms with Crippen molar-refractivity contribution in [2.24, 2.45) is 0 Å². The van der Waals surface area contributed by atoms with Crippen LogP contribution in [0.4, 0.5) is 0 Å². The first-order valence-corrected chi connectivity index (χ1v) is 7.73. The van der Waals surface area contributed by atoms with E-state index in [9.17, 15) is 9.90 Å². The highest BCUT2D eigenvalue weighted by Crippen LogP contribution is 2.18. The fourth-order valence-electron chi connectivity index (χ4n) is 2.40. The van der Waals surface area contributed by atoms with E-state index in [1.165, 1.54) is 15.6 Å². The molecule has 3 rings (SSSR count). The van der Waals surface area contributed by atoms with Crippen LogP contribution in [0.2, 0.25) is 5.02 Å². The molecule has 0 radical (unpaired) electrons. The summed E-state index contributed by atoms with van der Waals surface area (Å²) in [7, 11) is 0. The van der Waals surface area contributed by atoms with Crippen LogP contribution in [-0.2, 0) is 6.54 Å². The predicted octanol–water partition coefficient (Wildman–Crippen LogP) is 2.17. The summed E-state index contributed by atoms with van der Waals surface area (Å²) in [6.07, 6.45) is 0.721. The summed E-state index contributed by atoms with van der Waals surface area (Å²) in [4.78, 5) is 12.4. The lowest BCUT2D eigenvalue weighted by Crippen LogP contribution is -2.15. The summed E-state index contributed by atoms with van der Waals surface area (Å²) in [5.41, 5.74) is 2.37. The average molecular weight is 346 g/mol. The van der Waals surface area contributed by atoms with Gasteiger partial charge in [0, 0.05) is 10.7 Å². The Morgan fingerprint density at radius 1 is 1.29 bits per heavy atom. The van der Waals surface area contributed by atoms with Gasteiger partial charge in [-0.25, -0.2) is 4.68 Å². The molecule has 0 saturated heterocycles. The van der Waals surface area contributed by atoms with Crippen LogP contribution in [0.1, 0.15) is 33.5 Å². The Balaban J connectivity index is 1.74. The molecule has 0 fully saturated rings. The number of nitrogens with zero attached hydrogens (tertiary/aromatic N) is 5. The van der Waals surface area contributed by atoms with Crippen molar-refractivity contribution in [2.45, 2.75) is 26.5 Å². The van der Waals surface area contributed by atoms with Gasteiger partial charge in [0.2, 0.25) is 0 Å². The van der Waals surface area contributed by atoms with Crippen LogP contribution in [0.3, 0.4) is 0 Å². The second kappa shape index (κ2) is 6.54. The molecular weight excluding hydrogens is 330 g/mol. The molecule has 0 bridgehead atoms. The van der Waals surface area contributed by atoms with Gasteiger partial charge in [0.1, 0.15) is 0 Å². The molecule has 1 aromatic carbocycles. The van der Waals surface area contributed by atoms with Crippen molar-refractivity contribution in [3.8, 4) is 0 Å². The number of hydrogen-bond acceptors (Lipinski definition) is 5. The lowest BCUT2D eigenvalue weighted by molar-refractivity contribution is 0.0937. The highest BCUT2D eigenvalue weighted by Gasteiger charge is 2.17. The molecule has 0 aliphatic carbocycles. The number of benzene rings is 1. The third-order valence-corrected chi connectivity index (χ3v) is 3.83. The molecule has 2 heterocycles. The van der Waals surface area contributed by atoms with Crippen LogP contribution >= 0.6 is 11.6 Å². The maximum atomic E-state index is 12.4.